The zero-order valence-electron chi connectivity index (χ0n) is 12.8. The maximum Gasteiger partial charge on any atom is 0.292 e. The first kappa shape index (κ1) is 18.5. The minimum absolute atomic E-state index is 0.150. The molecule has 0 heterocycles. The van der Waals surface area contributed by atoms with Crippen molar-refractivity contribution in [1.82, 2.24) is 0 Å². The zero-order chi connectivity index (χ0) is 19.3. The van der Waals surface area contributed by atoms with Crippen LogP contribution in [0.2, 0.25) is 0 Å². The van der Waals surface area contributed by atoms with Crippen molar-refractivity contribution < 1.29 is 22.9 Å². The second kappa shape index (κ2) is 7.80. The second-order valence-electron chi connectivity index (χ2n) is 4.77. The molecule has 0 spiro atoms. The summed E-state index contributed by atoms with van der Waals surface area (Å²) in [7, 11) is 0. The van der Waals surface area contributed by atoms with Gasteiger partial charge in [-0.15, -0.1) is 0 Å². The summed E-state index contributed by atoms with van der Waals surface area (Å²) in [4.78, 5) is 22.2. The number of hydrogen-bond donors (Lipinski definition) is 2. The molecule has 2 rings (SSSR count). The highest BCUT2D eigenvalue weighted by Gasteiger charge is 2.18. The number of carbonyl (C=O) groups excluding carboxylic acids is 1. The van der Waals surface area contributed by atoms with Crippen LogP contribution in [0.15, 0.2) is 48.2 Å². The molecule has 7 nitrogen and oxygen atoms in total. The summed E-state index contributed by atoms with van der Waals surface area (Å²) in [6.45, 7) is 0. The summed E-state index contributed by atoms with van der Waals surface area (Å²) in [6, 6.07) is 8.29. The molecule has 2 aromatic rings. The normalized spacial score (nSPS) is 10.8. The first-order valence-electron chi connectivity index (χ1n) is 6.90. The van der Waals surface area contributed by atoms with Crippen LogP contribution in [0.4, 0.5) is 30.2 Å². The molecule has 0 unspecified atom stereocenters. The van der Waals surface area contributed by atoms with Crippen molar-refractivity contribution in [3.05, 3.63) is 75.7 Å². The van der Waals surface area contributed by atoms with Crippen molar-refractivity contribution in [2.75, 3.05) is 10.6 Å². The number of nitriles is 1. The van der Waals surface area contributed by atoms with Gasteiger partial charge in [-0.1, -0.05) is 12.1 Å². The lowest BCUT2D eigenvalue weighted by Crippen LogP contribution is -2.15. The monoisotopic (exact) mass is 362 g/mol. The Hall–Kier alpha value is -3.87. The third kappa shape index (κ3) is 3.96. The lowest BCUT2D eigenvalue weighted by Gasteiger charge is -2.07. The van der Waals surface area contributed by atoms with Crippen LogP contribution in [0.5, 0.6) is 0 Å². The highest BCUT2D eigenvalue weighted by Crippen LogP contribution is 2.24. The van der Waals surface area contributed by atoms with Gasteiger partial charge in [0.25, 0.3) is 11.6 Å². The molecule has 0 aliphatic carbocycles. The van der Waals surface area contributed by atoms with E-state index < -0.39 is 45.2 Å². The highest BCUT2D eigenvalue weighted by atomic mass is 19.2. The minimum atomic E-state index is -1.72. The molecule has 2 N–H and O–H groups in total. The number of hydrogen-bond acceptors (Lipinski definition) is 5. The van der Waals surface area contributed by atoms with Gasteiger partial charge in [0.2, 0.25) is 0 Å². The summed E-state index contributed by atoms with van der Waals surface area (Å²) in [5.74, 6) is -5.66. The average Bonchev–Trinajstić information content (AvgIpc) is 2.62. The fraction of sp³-hybridized carbons (Fsp3) is 0. The van der Waals surface area contributed by atoms with Gasteiger partial charge < -0.3 is 10.6 Å². The van der Waals surface area contributed by atoms with Crippen molar-refractivity contribution in [3.8, 4) is 6.07 Å². The molecule has 0 fully saturated rings. The summed E-state index contributed by atoms with van der Waals surface area (Å²) < 4.78 is 39.6. The van der Waals surface area contributed by atoms with E-state index in [1.165, 1.54) is 24.3 Å². The number of nitro groups is 1. The Bertz CT molecular complexity index is 954. The van der Waals surface area contributed by atoms with Gasteiger partial charge in [0.05, 0.1) is 10.6 Å². The van der Waals surface area contributed by atoms with Crippen molar-refractivity contribution >= 4 is 23.0 Å². The second-order valence-corrected chi connectivity index (χ2v) is 4.77. The van der Waals surface area contributed by atoms with E-state index in [1.54, 1.807) is 0 Å². The molecule has 1 amide bonds. The number of anilines is 2. The van der Waals surface area contributed by atoms with Crippen LogP contribution in [-0.2, 0) is 4.79 Å². The number of nitrogens with one attached hydrogen (secondary N) is 2. The van der Waals surface area contributed by atoms with Gasteiger partial charge in [0, 0.05) is 12.3 Å². The van der Waals surface area contributed by atoms with Crippen molar-refractivity contribution in [2.45, 2.75) is 0 Å². The van der Waals surface area contributed by atoms with Crippen LogP contribution in [0.3, 0.4) is 0 Å². The highest BCUT2D eigenvalue weighted by molar-refractivity contribution is 6.07. The number of benzene rings is 2. The summed E-state index contributed by atoms with van der Waals surface area (Å²) in [6.07, 6.45) is 0.764. The molecule has 0 aromatic heterocycles. The van der Waals surface area contributed by atoms with Gasteiger partial charge in [0.15, 0.2) is 17.5 Å². The first-order chi connectivity index (χ1) is 12.3. The molecule has 132 valence electrons. The first-order valence-corrected chi connectivity index (χ1v) is 6.90. The van der Waals surface area contributed by atoms with E-state index in [2.05, 4.69) is 10.6 Å². The Morgan fingerprint density at radius 2 is 1.81 bits per heavy atom. The number of para-hydroxylation sites is 2. The fourth-order valence-corrected chi connectivity index (χ4v) is 1.86. The Morgan fingerprint density at radius 1 is 1.12 bits per heavy atom. The predicted molar refractivity (Wildman–Crippen MR) is 85.4 cm³/mol. The molecule has 26 heavy (non-hydrogen) atoms. The molecule has 10 heteroatoms. The lowest BCUT2D eigenvalue weighted by molar-refractivity contribution is -0.383. The summed E-state index contributed by atoms with van der Waals surface area (Å²) in [5.41, 5.74) is -1.62. The molecule has 0 saturated carbocycles. The average molecular weight is 362 g/mol. The van der Waals surface area contributed by atoms with Gasteiger partial charge in [-0.3, -0.25) is 14.9 Å². The van der Waals surface area contributed by atoms with Crippen LogP contribution < -0.4 is 10.6 Å². The van der Waals surface area contributed by atoms with Gasteiger partial charge in [-0.25, -0.2) is 13.2 Å². The standard InChI is InChI=1S/C16H9F3N4O3/c17-10-5-6-12(15(19)14(10)18)21-8-9(7-20)16(24)22-11-3-1-2-4-13(11)23(25)26/h1-6,8,21H,(H,22,24)/b9-8-. The molecule has 0 radical (unpaired) electrons. The van der Waals surface area contributed by atoms with Crippen LogP contribution in [0, 0.1) is 38.9 Å². The van der Waals surface area contributed by atoms with Crippen molar-refractivity contribution in [3.63, 3.8) is 0 Å². The van der Waals surface area contributed by atoms with E-state index in [-0.39, 0.29) is 5.69 Å². The maximum absolute atomic E-state index is 13.5. The topological polar surface area (TPSA) is 108 Å². The van der Waals surface area contributed by atoms with E-state index in [1.807, 2.05) is 0 Å². The number of rotatable bonds is 5. The third-order valence-corrected chi connectivity index (χ3v) is 3.12. The van der Waals surface area contributed by atoms with Gasteiger partial charge in [0.1, 0.15) is 17.3 Å². The number of carbonyl (C=O) groups is 1. The lowest BCUT2D eigenvalue weighted by atomic mass is 10.2. The predicted octanol–water partition coefficient (Wildman–Crippen LogP) is 3.47. The maximum atomic E-state index is 13.5. The third-order valence-electron chi connectivity index (χ3n) is 3.12. The van der Waals surface area contributed by atoms with Crippen molar-refractivity contribution in [1.29, 1.82) is 5.26 Å². The van der Waals surface area contributed by atoms with Crippen LogP contribution in [-0.4, -0.2) is 10.8 Å². The number of nitrogens with zero attached hydrogens (tertiary/aromatic N) is 2. The van der Waals surface area contributed by atoms with Gasteiger partial charge in [-0.2, -0.15) is 5.26 Å². The van der Waals surface area contributed by atoms with Crippen LogP contribution in [0.1, 0.15) is 0 Å². The Labute approximate surface area is 144 Å². The number of nitro benzene ring substituents is 1. The Kier molecular flexibility index (Phi) is 5.54. The molecule has 0 saturated heterocycles. The Balaban J connectivity index is 2.22. The minimum Gasteiger partial charge on any atom is -0.358 e. The van der Waals surface area contributed by atoms with Crippen molar-refractivity contribution in [2.24, 2.45) is 0 Å². The molecular weight excluding hydrogens is 353 g/mol. The SMILES string of the molecule is N#C/C(=C/Nc1ccc(F)c(F)c1F)C(=O)Nc1ccccc1[N+](=O)[O-]. The molecule has 0 aliphatic rings. The molecule has 0 bridgehead atoms. The molecule has 0 atom stereocenters. The number of amides is 1. The van der Waals surface area contributed by atoms with E-state index >= 15 is 0 Å². The molecule has 2 aromatic carbocycles. The number of halogens is 3. The van der Waals surface area contributed by atoms with E-state index in [9.17, 15) is 28.1 Å². The van der Waals surface area contributed by atoms with E-state index in [4.69, 9.17) is 5.26 Å². The van der Waals surface area contributed by atoms with Gasteiger partial charge in [-0.05, 0) is 18.2 Å². The van der Waals surface area contributed by atoms with Crippen LogP contribution >= 0.6 is 0 Å². The summed E-state index contributed by atoms with van der Waals surface area (Å²) >= 11 is 0. The molecule has 0 aliphatic heterocycles. The van der Waals surface area contributed by atoms with E-state index in [0.717, 1.165) is 18.3 Å². The molecular formula is C16H9F3N4O3. The quantitative estimate of drug-likeness (QED) is 0.278. The Morgan fingerprint density at radius 3 is 2.46 bits per heavy atom. The van der Waals surface area contributed by atoms with E-state index in [0.29, 0.717) is 6.07 Å². The zero-order valence-corrected chi connectivity index (χ0v) is 12.8. The largest absolute Gasteiger partial charge is 0.358 e. The van der Waals surface area contributed by atoms with Crippen LogP contribution in [0.25, 0.3) is 0 Å². The summed E-state index contributed by atoms with van der Waals surface area (Å²) in [5, 5.41) is 24.3. The smallest absolute Gasteiger partial charge is 0.292 e. The fourth-order valence-electron chi connectivity index (χ4n) is 1.86. The van der Waals surface area contributed by atoms with Gasteiger partial charge >= 0.3 is 0 Å².